The van der Waals surface area contributed by atoms with Gasteiger partial charge >= 0.3 is 0 Å². The van der Waals surface area contributed by atoms with Crippen LogP contribution in [-0.4, -0.2) is 53.4 Å². The Labute approximate surface area is 163 Å². The highest BCUT2D eigenvalue weighted by molar-refractivity contribution is 5.87. The molecule has 2 aliphatic rings. The SMILES string of the molecule is CC1CCCC(CNC(=O)/C=C/CC[C@@H](C)O[C@@H]2O[C@@H](C)[C@H](O)C[C@H]2O)C1. The third-order valence-electron chi connectivity index (χ3n) is 5.67. The fourth-order valence-electron chi connectivity index (χ4n) is 3.93. The van der Waals surface area contributed by atoms with E-state index in [4.69, 9.17) is 9.47 Å². The number of hydrogen-bond donors (Lipinski definition) is 3. The van der Waals surface area contributed by atoms with Gasteiger partial charge in [0.25, 0.3) is 0 Å². The minimum Gasteiger partial charge on any atom is -0.390 e. The van der Waals surface area contributed by atoms with Crippen molar-refractivity contribution in [2.75, 3.05) is 6.54 Å². The summed E-state index contributed by atoms with van der Waals surface area (Å²) in [7, 11) is 0. The van der Waals surface area contributed by atoms with Gasteiger partial charge in [0.05, 0.1) is 18.3 Å². The fourth-order valence-corrected chi connectivity index (χ4v) is 3.93. The first-order valence-electron chi connectivity index (χ1n) is 10.5. The quantitative estimate of drug-likeness (QED) is 0.561. The lowest BCUT2D eigenvalue weighted by Crippen LogP contribution is -2.48. The number of allylic oxidation sites excluding steroid dienone is 1. The fraction of sp³-hybridized carbons (Fsp3) is 0.857. The zero-order valence-corrected chi connectivity index (χ0v) is 17.0. The van der Waals surface area contributed by atoms with Crippen molar-refractivity contribution in [1.29, 1.82) is 0 Å². The molecule has 1 amide bonds. The van der Waals surface area contributed by atoms with Gasteiger partial charge < -0.3 is 25.0 Å². The number of nitrogens with one attached hydrogen (secondary N) is 1. The van der Waals surface area contributed by atoms with Crippen LogP contribution in [0.5, 0.6) is 0 Å². The van der Waals surface area contributed by atoms with Crippen LogP contribution >= 0.6 is 0 Å². The summed E-state index contributed by atoms with van der Waals surface area (Å²) in [4.78, 5) is 11.9. The topological polar surface area (TPSA) is 88.0 Å². The summed E-state index contributed by atoms with van der Waals surface area (Å²) in [5, 5.41) is 22.6. The maximum absolute atomic E-state index is 11.9. The van der Waals surface area contributed by atoms with Crippen molar-refractivity contribution >= 4 is 5.91 Å². The molecule has 0 aromatic carbocycles. The van der Waals surface area contributed by atoms with Crippen LogP contribution in [0.4, 0.5) is 0 Å². The minimum absolute atomic E-state index is 0.0318. The van der Waals surface area contributed by atoms with E-state index in [-0.39, 0.29) is 24.5 Å². The van der Waals surface area contributed by atoms with Gasteiger partial charge in [0.15, 0.2) is 6.29 Å². The van der Waals surface area contributed by atoms with E-state index >= 15 is 0 Å². The number of ether oxygens (including phenoxy) is 2. The van der Waals surface area contributed by atoms with Crippen molar-refractivity contribution < 1.29 is 24.5 Å². The highest BCUT2D eigenvalue weighted by Crippen LogP contribution is 2.28. The predicted octanol–water partition coefficient (Wildman–Crippen LogP) is 2.53. The van der Waals surface area contributed by atoms with E-state index in [1.807, 2.05) is 13.0 Å². The van der Waals surface area contributed by atoms with E-state index < -0.39 is 18.5 Å². The van der Waals surface area contributed by atoms with Crippen LogP contribution in [0.3, 0.4) is 0 Å². The Kier molecular flexibility index (Phi) is 9.22. The number of carbonyl (C=O) groups excluding carboxylic acids is 1. The number of amides is 1. The molecular formula is C21H37NO5. The zero-order chi connectivity index (χ0) is 19.8. The van der Waals surface area contributed by atoms with Gasteiger partial charge in [0.1, 0.15) is 6.10 Å². The van der Waals surface area contributed by atoms with Crippen molar-refractivity contribution in [3.63, 3.8) is 0 Å². The lowest BCUT2D eigenvalue weighted by molar-refractivity contribution is -0.273. The van der Waals surface area contributed by atoms with Gasteiger partial charge in [0, 0.05) is 13.0 Å². The first-order chi connectivity index (χ1) is 12.8. The third-order valence-corrected chi connectivity index (χ3v) is 5.67. The van der Waals surface area contributed by atoms with Crippen molar-refractivity contribution in [2.45, 2.75) is 96.4 Å². The second-order valence-corrected chi connectivity index (χ2v) is 8.39. The molecule has 6 heteroatoms. The molecule has 0 bridgehead atoms. The maximum atomic E-state index is 11.9. The van der Waals surface area contributed by atoms with E-state index in [2.05, 4.69) is 12.2 Å². The molecule has 1 saturated heterocycles. The summed E-state index contributed by atoms with van der Waals surface area (Å²) in [6, 6.07) is 0. The summed E-state index contributed by atoms with van der Waals surface area (Å²) in [6.07, 6.45) is 7.55. The Morgan fingerprint density at radius 3 is 2.78 bits per heavy atom. The summed E-state index contributed by atoms with van der Waals surface area (Å²) in [5.41, 5.74) is 0. The Bertz CT molecular complexity index is 483. The monoisotopic (exact) mass is 383 g/mol. The summed E-state index contributed by atoms with van der Waals surface area (Å²) in [5.74, 6) is 1.36. The molecule has 0 radical (unpaired) electrons. The Morgan fingerprint density at radius 1 is 1.26 bits per heavy atom. The molecule has 2 rings (SSSR count). The molecule has 0 spiro atoms. The van der Waals surface area contributed by atoms with E-state index in [9.17, 15) is 15.0 Å². The van der Waals surface area contributed by atoms with E-state index in [1.165, 1.54) is 25.7 Å². The standard InChI is InChI=1S/C21H37NO5/c1-14-7-6-9-17(11-14)13-22-20(25)10-5-4-8-15(2)26-21-19(24)12-18(23)16(3)27-21/h5,10,14-19,21,23-24H,4,6-9,11-13H2,1-3H3,(H,22,25)/b10-5+/t14?,15-,16+,17?,18-,19-,21-/m1/s1. The Hall–Kier alpha value is -0.950. The van der Waals surface area contributed by atoms with Gasteiger partial charge in [-0.25, -0.2) is 0 Å². The number of carbonyl (C=O) groups is 1. The largest absolute Gasteiger partial charge is 0.390 e. The van der Waals surface area contributed by atoms with Gasteiger partial charge in [-0.3, -0.25) is 4.79 Å². The highest BCUT2D eigenvalue weighted by atomic mass is 16.7. The second-order valence-electron chi connectivity index (χ2n) is 8.39. The molecule has 2 unspecified atom stereocenters. The van der Waals surface area contributed by atoms with Gasteiger partial charge in [-0.15, -0.1) is 0 Å². The molecule has 1 aliphatic heterocycles. The van der Waals surface area contributed by atoms with Crippen molar-refractivity contribution in [3.8, 4) is 0 Å². The van der Waals surface area contributed by atoms with E-state index in [1.54, 1.807) is 13.0 Å². The summed E-state index contributed by atoms with van der Waals surface area (Å²) < 4.78 is 11.3. The van der Waals surface area contributed by atoms with Crippen LogP contribution in [0.15, 0.2) is 12.2 Å². The van der Waals surface area contributed by atoms with E-state index in [0.717, 1.165) is 25.3 Å². The van der Waals surface area contributed by atoms with Crippen LogP contribution in [0, 0.1) is 11.8 Å². The molecule has 0 aromatic rings. The third kappa shape index (κ3) is 7.90. The molecule has 2 fully saturated rings. The lowest BCUT2D eigenvalue weighted by atomic mass is 9.82. The van der Waals surface area contributed by atoms with Crippen LogP contribution in [0.25, 0.3) is 0 Å². The molecule has 7 atom stereocenters. The van der Waals surface area contributed by atoms with Crippen molar-refractivity contribution in [3.05, 3.63) is 12.2 Å². The molecule has 1 saturated carbocycles. The molecule has 3 N–H and O–H groups in total. The predicted molar refractivity (Wildman–Crippen MR) is 104 cm³/mol. The smallest absolute Gasteiger partial charge is 0.243 e. The molecule has 1 aliphatic carbocycles. The molecule has 1 heterocycles. The number of aliphatic hydroxyl groups is 2. The van der Waals surface area contributed by atoms with Gasteiger partial charge in [-0.2, -0.15) is 0 Å². The summed E-state index contributed by atoms with van der Waals surface area (Å²) in [6.45, 7) is 6.75. The molecule has 156 valence electrons. The average Bonchev–Trinajstić information content (AvgIpc) is 2.61. The van der Waals surface area contributed by atoms with Crippen molar-refractivity contribution in [2.24, 2.45) is 11.8 Å². The van der Waals surface area contributed by atoms with Crippen LogP contribution in [0.1, 0.15) is 65.7 Å². The van der Waals surface area contributed by atoms with Crippen molar-refractivity contribution in [1.82, 2.24) is 5.32 Å². The van der Waals surface area contributed by atoms with E-state index in [0.29, 0.717) is 5.92 Å². The molecular weight excluding hydrogens is 346 g/mol. The Balaban J connectivity index is 1.59. The molecule has 0 aromatic heterocycles. The highest BCUT2D eigenvalue weighted by Gasteiger charge is 2.35. The molecule has 6 nitrogen and oxygen atoms in total. The zero-order valence-electron chi connectivity index (χ0n) is 17.0. The minimum atomic E-state index is -0.817. The normalized spacial score (nSPS) is 35.9. The van der Waals surface area contributed by atoms with Gasteiger partial charge in [-0.1, -0.05) is 25.8 Å². The van der Waals surface area contributed by atoms with Gasteiger partial charge in [-0.05, 0) is 57.4 Å². The summed E-state index contributed by atoms with van der Waals surface area (Å²) >= 11 is 0. The molecule has 27 heavy (non-hydrogen) atoms. The maximum Gasteiger partial charge on any atom is 0.243 e. The number of aliphatic hydroxyl groups excluding tert-OH is 2. The number of hydrogen-bond acceptors (Lipinski definition) is 5. The van der Waals surface area contributed by atoms with Crippen LogP contribution in [0.2, 0.25) is 0 Å². The first kappa shape index (κ1) is 22.3. The average molecular weight is 384 g/mol. The van der Waals surface area contributed by atoms with Crippen LogP contribution < -0.4 is 5.32 Å². The Morgan fingerprint density at radius 2 is 2.04 bits per heavy atom. The van der Waals surface area contributed by atoms with Gasteiger partial charge in [0.2, 0.25) is 5.91 Å². The first-order valence-corrected chi connectivity index (χ1v) is 10.5. The number of rotatable bonds is 8. The lowest BCUT2D eigenvalue weighted by Gasteiger charge is -2.36. The van der Waals surface area contributed by atoms with Crippen LogP contribution in [-0.2, 0) is 14.3 Å². The second kappa shape index (κ2) is 11.1.